The van der Waals surface area contributed by atoms with Crippen LogP contribution in [0.5, 0.6) is 0 Å². The van der Waals surface area contributed by atoms with Crippen LogP contribution in [0.15, 0.2) is 0 Å². The van der Waals surface area contributed by atoms with Crippen molar-refractivity contribution in [1.29, 1.82) is 0 Å². The minimum Gasteiger partial charge on any atom is -0.356 e. The van der Waals surface area contributed by atoms with Crippen LogP contribution in [0.25, 0.3) is 0 Å². The van der Waals surface area contributed by atoms with E-state index < -0.39 is 0 Å². The van der Waals surface area contributed by atoms with Crippen LogP contribution in [-0.4, -0.2) is 37.6 Å². The standard InChI is InChI=1S/C11H25N3O/c1-5-13-10(15)6-7-12-8-9-14-11(2,3)4/h12,14H,5-9H2,1-4H3,(H,13,15). The quantitative estimate of drug-likeness (QED) is 0.542. The molecule has 0 saturated heterocycles. The minimum atomic E-state index is 0.119. The summed E-state index contributed by atoms with van der Waals surface area (Å²) >= 11 is 0. The van der Waals surface area contributed by atoms with Crippen molar-refractivity contribution >= 4 is 5.91 Å². The topological polar surface area (TPSA) is 53.2 Å². The summed E-state index contributed by atoms with van der Waals surface area (Å²) in [6.45, 7) is 11.6. The maximum absolute atomic E-state index is 11.1. The van der Waals surface area contributed by atoms with E-state index in [1.54, 1.807) is 0 Å². The summed E-state index contributed by atoms with van der Waals surface area (Å²) in [7, 11) is 0. The van der Waals surface area contributed by atoms with Crippen molar-refractivity contribution in [2.24, 2.45) is 0 Å². The molecule has 0 atom stereocenters. The second-order valence-electron chi connectivity index (χ2n) is 4.63. The van der Waals surface area contributed by atoms with E-state index in [-0.39, 0.29) is 11.4 Å². The summed E-state index contributed by atoms with van der Waals surface area (Å²) in [5, 5.41) is 9.36. The van der Waals surface area contributed by atoms with Crippen molar-refractivity contribution in [2.45, 2.75) is 39.7 Å². The summed E-state index contributed by atoms with van der Waals surface area (Å²) in [5.41, 5.74) is 0.168. The Bertz CT molecular complexity index is 175. The molecule has 0 aromatic rings. The number of nitrogens with one attached hydrogen (secondary N) is 3. The van der Waals surface area contributed by atoms with Gasteiger partial charge >= 0.3 is 0 Å². The lowest BCUT2D eigenvalue weighted by Gasteiger charge is -2.20. The molecule has 0 heterocycles. The summed E-state index contributed by atoms with van der Waals surface area (Å²) in [5.74, 6) is 0.119. The predicted molar refractivity (Wildman–Crippen MR) is 63.9 cm³/mol. The fourth-order valence-electron chi connectivity index (χ4n) is 1.14. The van der Waals surface area contributed by atoms with Gasteiger partial charge in [0.1, 0.15) is 0 Å². The Hall–Kier alpha value is -0.610. The first kappa shape index (κ1) is 14.4. The number of carbonyl (C=O) groups is 1. The van der Waals surface area contributed by atoms with Crippen LogP contribution in [0.4, 0.5) is 0 Å². The first-order chi connectivity index (χ1) is 6.95. The number of rotatable bonds is 7. The highest BCUT2D eigenvalue weighted by atomic mass is 16.1. The van der Waals surface area contributed by atoms with Crippen LogP contribution in [0.2, 0.25) is 0 Å². The lowest BCUT2D eigenvalue weighted by atomic mass is 10.1. The van der Waals surface area contributed by atoms with Crippen LogP contribution in [0.3, 0.4) is 0 Å². The Morgan fingerprint density at radius 1 is 1.13 bits per heavy atom. The Morgan fingerprint density at radius 2 is 1.80 bits per heavy atom. The predicted octanol–water partition coefficient (Wildman–Crippen LogP) is 0.490. The molecule has 90 valence electrons. The average molecular weight is 215 g/mol. The highest BCUT2D eigenvalue weighted by Gasteiger charge is 2.06. The van der Waals surface area contributed by atoms with Crippen molar-refractivity contribution in [3.8, 4) is 0 Å². The van der Waals surface area contributed by atoms with Crippen LogP contribution >= 0.6 is 0 Å². The third kappa shape index (κ3) is 11.3. The van der Waals surface area contributed by atoms with Gasteiger partial charge in [0, 0.05) is 38.1 Å². The van der Waals surface area contributed by atoms with E-state index >= 15 is 0 Å². The maximum atomic E-state index is 11.1. The second-order valence-corrected chi connectivity index (χ2v) is 4.63. The molecular weight excluding hydrogens is 190 g/mol. The normalized spacial score (nSPS) is 11.5. The number of carbonyl (C=O) groups excluding carboxylic acids is 1. The summed E-state index contributed by atoms with van der Waals surface area (Å²) in [4.78, 5) is 11.1. The number of hydrogen-bond donors (Lipinski definition) is 3. The van der Waals surface area contributed by atoms with E-state index in [0.29, 0.717) is 13.0 Å². The third-order valence-corrected chi connectivity index (χ3v) is 1.86. The molecule has 0 rings (SSSR count). The Morgan fingerprint density at radius 3 is 2.33 bits per heavy atom. The van der Waals surface area contributed by atoms with Crippen molar-refractivity contribution < 1.29 is 4.79 Å². The minimum absolute atomic E-state index is 0.119. The molecule has 0 aliphatic rings. The molecule has 4 heteroatoms. The molecule has 0 spiro atoms. The molecule has 4 nitrogen and oxygen atoms in total. The van der Waals surface area contributed by atoms with Gasteiger partial charge in [0.25, 0.3) is 0 Å². The zero-order valence-electron chi connectivity index (χ0n) is 10.4. The molecule has 0 aliphatic heterocycles. The van der Waals surface area contributed by atoms with Crippen molar-refractivity contribution in [3.05, 3.63) is 0 Å². The van der Waals surface area contributed by atoms with E-state index in [1.165, 1.54) is 0 Å². The van der Waals surface area contributed by atoms with Gasteiger partial charge in [-0.2, -0.15) is 0 Å². The van der Waals surface area contributed by atoms with Gasteiger partial charge < -0.3 is 16.0 Å². The third-order valence-electron chi connectivity index (χ3n) is 1.86. The van der Waals surface area contributed by atoms with Crippen LogP contribution in [-0.2, 0) is 4.79 Å². The summed E-state index contributed by atoms with van der Waals surface area (Å²) in [6.07, 6.45) is 0.559. The summed E-state index contributed by atoms with van der Waals surface area (Å²) < 4.78 is 0. The molecule has 15 heavy (non-hydrogen) atoms. The van der Waals surface area contributed by atoms with E-state index in [0.717, 1.165) is 19.6 Å². The fraction of sp³-hybridized carbons (Fsp3) is 0.909. The number of hydrogen-bond acceptors (Lipinski definition) is 3. The zero-order valence-corrected chi connectivity index (χ0v) is 10.4. The van der Waals surface area contributed by atoms with Crippen molar-refractivity contribution in [2.75, 3.05) is 26.2 Å². The van der Waals surface area contributed by atoms with Gasteiger partial charge in [-0.3, -0.25) is 4.79 Å². The smallest absolute Gasteiger partial charge is 0.221 e. The van der Waals surface area contributed by atoms with E-state index in [2.05, 4.69) is 36.7 Å². The van der Waals surface area contributed by atoms with Crippen LogP contribution < -0.4 is 16.0 Å². The number of amides is 1. The zero-order chi connectivity index (χ0) is 11.7. The molecule has 0 fully saturated rings. The SMILES string of the molecule is CCNC(=O)CCNCCNC(C)(C)C. The van der Waals surface area contributed by atoms with Crippen LogP contribution in [0.1, 0.15) is 34.1 Å². The van der Waals surface area contributed by atoms with Crippen LogP contribution in [0, 0.1) is 0 Å². The molecule has 0 bridgehead atoms. The Labute approximate surface area is 93.2 Å². The van der Waals surface area contributed by atoms with Gasteiger partial charge in [0.15, 0.2) is 0 Å². The molecule has 0 aliphatic carbocycles. The van der Waals surface area contributed by atoms with Crippen molar-refractivity contribution in [3.63, 3.8) is 0 Å². The highest BCUT2D eigenvalue weighted by molar-refractivity contribution is 5.75. The first-order valence-corrected chi connectivity index (χ1v) is 5.68. The van der Waals surface area contributed by atoms with E-state index in [4.69, 9.17) is 0 Å². The molecule has 1 amide bonds. The van der Waals surface area contributed by atoms with E-state index in [9.17, 15) is 4.79 Å². The molecule has 0 aromatic carbocycles. The highest BCUT2D eigenvalue weighted by Crippen LogP contribution is 1.96. The first-order valence-electron chi connectivity index (χ1n) is 5.68. The molecule has 0 radical (unpaired) electrons. The van der Waals surface area contributed by atoms with Gasteiger partial charge in [-0.05, 0) is 27.7 Å². The molecule has 0 saturated carbocycles. The van der Waals surface area contributed by atoms with Gasteiger partial charge in [0.2, 0.25) is 5.91 Å². The Kier molecular flexibility index (Phi) is 7.34. The fourth-order valence-corrected chi connectivity index (χ4v) is 1.14. The lowest BCUT2D eigenvalue weighted by molar-refractivity contribution is -0.120. The van der Waals surface area contributed by atoms with Gasteiger partial charge in [-0.25, -0.2) is 0 Å². The van der Waals surface area contributed by atoms with Crippen molar-refractivity contribution in [1.82, 2.24) is 16.0 Å². The van der Waals surface area contributed by atoms with E-state index in [1.807, 2.05) is 6.92 Å². The van der Waals surface area contributed by atoms with Gasteiger partial charge in [-0.1, -0.05) is 0 Å². The van der Waals surface area contributed by atoms with Gasteiger partial charge in [0.05, 0.1) is 0 Å². The lowest BCUT2D eigenvalue weighted by Crippen LogP contribution is -2.40. The summed E-state index contributed by atoms with van der Waals surface area (Å²) in [6, 6.07) is 0. The molecule has 0 unspecified atom stereocenters. The molecular formula is C11H25N3O. The maximum Gasteiger partial charge on any atom is 0.221 e. The average Bonchev–Trinajstić information content (AvgIpc) is 2.09. The molecule has 3 N–H and O–H groups in total. The Balaban J connectivity index is 3.22. The van der Waals surface area contributed by atoms with Gasteiger partial charge in [-0.15, -0.1) is 0 Å². The monoisotopic (exact) mass is 215 g/mol. The largest absolute Gasteiger partial charge is 0.356 e. The molecule has 0 aromatic heterocycles. The second kappa shape index (κ2) is 7.65.